The Morgan fingerprint density at radius 3 is 2.10 bits per heavy atom. The number of hydrogen-bond acceptors (Lipinski definition) is 4. The van der Waals surface area contributed by atoms with Gasteiger partial charge in [0, 0.05) is 6.21 Å². The van der Waals surface area contributed by atoms with Crippen LogP contribution in [0, 0.1) is 0 Å². The Kier molecular flexibility index (Phi) is 8.32. The highest BCUT2D eigenvalue weighted by Crippen LogP contribution is 2.20. The second-order valence-electron chi connectivity index (χ2n) is 5.11. The molecule has 1 aromatic carbocycles. The van der Waals surface area contributed by atoms with Crippen LogP contribution >= 0.6 is 0 Å². The molecule has 4 nitrogen and oxygen atoms in total. The molecule has 118 valence electrons. The number of hydrogen-bond donors (Lipinski definition) is 0. The molecule has 4 heteroatoms. The van der Waals surface area contributed by atoms with Crippen LogP contribution < -0.4 is 9.47 Å². The molecular formula is C17H27NO3. The van der Waals surface area contributed by atoms with Crippen molar-refractivity contribution >= 4 is 6.21 Å². The Morgan fingerprint density at radius 1 is 1.00 bits per heavy atom. The van der Waals surface area contributed by atoms with Gasteiger partial charge in [-0.2, -0.15) is 0 Å². The van der Waals surface area contributed by atoms with Crippen LogP contribution in [0.2, 0.25) is 0 Å². The highest BCUT2D eigenvalue weighted by atomic mass is 16.6. The van der Waals surface area contributed by atoms with Crippen LogP contribution in [0.1, 0.15) is 47.0 Å². The molecule has 21 heavy (non-hydrogen) atoms. The third kappa shape index (κ3) is 7.59. The lowest BCUT2D eigenvalue weighted by Crippen LogP contribution is -2.17. The fourth-order valence-electron chi connectivity index (χ4n) is 1.84. The van der Waals surface area contributed by atoms with Crippen LogP contribution in [0.15, 0.2) is 29.4 Å². The number of oxime groups is 1. The van der Waals surface area contributed by atoms with Crippen molar-refractivity contribution in [3.63, 3.8) is 0 Å². The summed E-state index contributed by atoms with van der Waals surface area (Å²) < 4.78 is 11.6. The summed E-state index contributed by atoms with van der Waals surface area (Å²) in [5, 5.41) is 3.81. The molecule has 1 aromatic rings. The van der Waals surface area contributed by atoms with E-state index in [1.807, 2.05) is 38.1 Å². The second-order valence-corrected chi connectivity index (χ2v) is 5.11. The molecule has 0 saturated carbocycles. The van der Waals surface area contributed by atoms with E-state index < -0.39 is 0 Å². The van der Waals surface area contributed by atoms with Crippen molar-refractivity contribution in [2.45, 2.75) is 59.2 Å². The molecule has 0 heterocycles. The fourth-order valence-corrected chi connectivity index (χ4v) is 1.84. The molecule has 0 bridgehead atoms. The van der Waals surface area contributed by atoms with Crippen LogP contribution in [0.25, 0.3) is 0 Å². The third-order valence-electron chi connectivity index (χ3n) is 2.83. The standard InChI is InChI=1S/C17H27NO3/c1-5-7-14(3)20-16-8-10-17(11-9-16)21-15(4)13-19-18-12-6-2/h8-12,14-15H,5-7,13H2,1-4H3. The number of rotatable bonds is 10. The zero-order valence-corrected chi connectivity index (χ0v) is 13.5. The molecule has 1 rings (SSSR count). The van der Waals surface area contributed by atoms with Crippen LogP contribution in [0.4, 0.5) is 0 Å². The van der Waals surface area contributed by atoms with Gasteiger partial charge >= 0.3 is 0 Å². The first-order chi connectivity index (χ1) is 10.2. The molecule has 0 aromatic heterocycles. The molecule has 2 unspecified atom stereocenters. The average molecular weight is 293 g/mol. The minimum Gasteiger partial charge on any atom is -0.491 e. The van der Waals surface area contributed by atoms with E-state index in [-0.39, 0.29) is 12.2 Å². The van der Waals surface area contributed by atoms with Gasteiger partial charge in [-0.25, -0.2) is 0 Å². The van der Waals surface area contributed by atoms with Crippen molar-refractivity contribution in [1.29, 1.82) is 0 Å². The van der Waals surface area contributed by atoms with Gasteiger partial charge in [-0.3, -0.25) is 0 Å². The summed E-state index contributed by atoms with van der Waals surface area (Å²) in [4.78, 5) is 5.13. The molecule has 0 spiro atoms. The average Bonchev–Trinajstić information content (AvgIpc) is 2.46. The highest BCUT2D eigenvalue weighted by molar-refractivity contribution is 5.55. The topological polar surface area (TPSA) is 40.0 Å². The third-order valence-corrected chi connectivity index (χ3v) is 2.83. The first-order valence-electron chi connectivity index (χ1n) is 7.72. The molecule has 0 saturated heterocycles. The van der Waals surface area contributed by atoms with E-state index in [1.54, 1.807) is 6.21 Å². The molecule has 0 fully saturated rings. The normalized spacial score (nSPS) is 13.9. The van der Waals surface area contributed by atoms with Crippen molar-refractivity contribution in [3.8, 4) is 11.5 Å². The number of nitrogens with zero attached hydrogens (tertiary/aromatic N) is 1. The van der Waals surface area contributed by atoms with Crippen molar-refractivity contribution in [2.24, 2.45) is 5.16 Å². The maximum absolute atomic E-state index is 5.81. The maximum atomic E-state index is 5.81. The van der Waals surface area contributed by atoms with Crippen molar-refractivity contribution in [2.75, 3.05) is 6.61 Å². The zero-order chi connectivity index (χ0) is 15.5. The molecule has 0 aliphatic heterocycles. The lowest BCUT2D eigenvalue weighted by Gasteiger charge is -2.16. The van der Waals surface area contributed by atoms with Gasteiger partial charge in [0.15, 0.2) is 6.61 Å². The molecule has 2 atom stereocenters. The first kappa shape index (κ1) is 17.3. The Morgan fingerprint density at radius 2 is 1.57 bits per heavy atom. The summed E-state index contributed by atoms with van der Waals surface area (Å²) in [6, 6.07) is 7.70. The van der Waals surface area contributed by atoms with E-state index in [4.69, 9.17) is 14.3 Å². The molecule has 0 aliphatic rings. The van der Waals surface area contributed by atoms with Crippen LogP contribution in [0.5, 0.6) is 11.5 Å². The van der Waals surface area contributed by atoms with E-state index in [1.165, 1.54) is 0 Å². The first-order valence-corrected chi connectivity index (χ1v) is 7.72. The molecule has 0 amide bonds. The summed E-state index contributed by atoms with van der Waals surface area (Å²) in [6.07, 6.45) is 4.98. The fraction of sp³-hybridized carbons (Fsp3) is 0.588. The number of benzene rings is 1. The Bertz CT molecular complexity index is 403. The van der Waals surface area contributed by atoms with Gasteiger partial charge in [0.1, 0.15) is 17.6 Å². The molecule has 0 N–H and O–H groups in total. The van der Waals surface area contributed by atoms with Gasteiger partial charge in [-0.1, -0.05) is 25.4 Å². The summed E-state index contributed by atoms with van der Waals surface area (Å²) in [6.45, 7) is 8.64. The zero-order valence-electron chi connectivity index (χ0n) is 13.5. The lowest BCUT2D eigenvalue weighted by molar-refractivity contribution is 0.0634. The Labute approximate surface area is 128 Å². The highest BCUT2D eigenvalue weighted by Gasteiger charge is 2.06. The SMILES string of the molecule is CCC=NOCC(C)Oc1ccc(OC(C)CCC)cc1. The van der Waals surface area contributed by atoms with Crippen LogP contribution in [-0.2, 0) is 4.84 Å². The smallest absolute Gasteiger partial charge is 0.153 e. The predicted molar refractivity (Wildman–Crippen MR) is 86.3 cm³/mol. The van der Waals surface area contributed by atoms with E-state index in [2.05, 4.69) is 19.0 Å². The monoisotopic (exact) mass is 293 g/mol. The van der Waals surface area contributed by atoms with Gasteiger partial charge in [0.25, 0.3) is 0 Å². The summed E-state index contributed by atoms with van der Waals surface area (Å²) in [5.74, 6) is 1.68. The second kappa shape index (κ2) is 10.1. The van der Waals surface area contributed by atoms with E-state index in [9.17, 15) is 0 Å². The summed E-state index contributed by atoms with van der Waals surface area (Å²) in [7, 11) is 0. The largest absolute Gasteiger partial charge is 0.491 e. The van der Waals surface area contributed by atoms with E-state index >= 15 is 0 Å². The van der Waals surface area contributed by atoms with Crippen molar-refractivity contribution in [3.05, 3.63) is 24.3 Å². The quantitative estimate of drug-likeness (QED) is 0.473. The Balaban J connectivity index is 2.37. The van der Waals surface area contributed by atoms with Gasteiger partial charge in [0.2, 0.25) is 0 Å². The predicted octanol–water partition coefficient (Wildman–Crippen LogP) is 4.43. The minimum atomic E-state index is -0.0511. The van der Waals surface area contributed by atoms with Gasteiger partial charge in [-0.15, -0.1) is 0 Å². The van der Waals surface area contributed by atoms with Crippen LogP contribution in [0.3, 0.4) is 0 Å². The molecule has 0 aliphatic carbocycles. The molecular weight excluding hydrogens is 266 g/mol. The van der Waals surface area contributed by atoms with E-state index in [0.29, 0.717) is 6.61 Å². The van der Waals surface area contributed by atoms with Crippen molar-refractivity contribution < 1.29 is 14.3 Å². The Hall–Kier alpha value is -1.71. The van der Waals surface area contributed by atoms with Crippen molar-refractivity contribution in [1.82, 2.24) is 0 Å². The maximum Gasteiger partial charge on any atom is 0.153 e. The molecule has 0 radical (unpaired) electrons. The van der Waals surface area contributed by atoms with Gasteiger partial charge < -0.3 is 14.3 Å². The van der Waals surface area contributed by atoms with Gasteiger partial charge in [0.05, 0.1) is 6.10 Å². The summed E-state index contributed by atoms with van der Waals surface area (Å²) in [5.41, 5.74) is 0. The van der Waals surface area contributed by atoms with Crippen LogP contribution in [-0.4, -0.2) is 25.0 Å². The van der Waals surface area contributed by atoms with Gasteiger partial charge in [-0.05, 0) is 51.0 Å². The summed E-state index contributed by atoms with van der Waals surface area (Å²) >= 11 is 0. The van der Waals surface area contributed by atoms with E-state index in [0.717, 1.165) is 30.8 Å². The number of ether oxygens (including phenoxy) is 2. The lowest BCUT2D eigenvalue weighted by atomic mass is 10.2. The minimum absolute atomic E-state index is 0.0511.